The molecule has 0 saturated carbocycles. The minimum Gasteiger partial charge on any atom is -0.369 e. The predicted molar refractivity (Wildman–Crippen MR) is 87.4 cm³/mol. The Morgan fingerprint density at radius 3 is 2.90 bits per heavy atom. The lowest BCUT2D eigenvalue weighted by Gasteiger charge is -2.22. The van der Waals surface area contributed by atoms with Gasteiger partial charge in [-0.15, -0.1) is 0 Å². The van der Waals surface area contributed by atoms with Crippen LogP contribution in [0.2, 0.25) is 0 Å². The standard InChI is InChI=1S/C14H19N3O2S2/c1-21(18,19)12-7-4-6-11-13(12)16-14(15)17(11)9-10-5-2-3-8-20-10/h4,6-7,10H,2-3,5,8-9H2,1H3,(H2,15,16). The minimum absolute atomic E-state index is 0.252. The van der Waals surface area contributed by atoms with Crippen LogP contribution in [-0.2, 0) is 16.4 Å². The summed E-state index contributed by atoms with van der Waals surface area (Å²) in [7, 11) is -3.30. The third-order valence-corrected chi connectivity index (χ3v) is 6.34. The molecule has 1 aliphatic rings. The average molecular weight is 325 g/mol. The minimum atomic E-state index is -3.30. The normalized spacial score (nSPS) is 20.0. The van der Waals surface area contributed by atoms with Gasteiger partial charge in [-0.3, -0.25) is 0 Å². The molecule has 0 spiro atoms. The number of rotatable bonds is 3. The first kappa shape index (κ1) is 14.7. The first-order valence-electron chi connectivity index (χ1n) is 7.03. The molecule has 1 aromatic heterocycles. The molecule has 1 atom stereocenters. The number of imidazole rings is 1. The van der Waals surface area contributed by atoms with Crippen molar-refractivity contribution >= 4 is 38.6 Å². The zero-order chi connectivity index (χ0) is 15.0. The van der Waals surface area contributed by atoms with Crippen molar-refractivity contribution in [2.75, 3.05) is 17.7 Å². The summed E-state index contributed by atoms with van der Waals surface area (Å²) in [6, 6.07) is 5.23. The Labute approximate surface area is 128 Å². The highest BCUT2D eigenvalue weighted by atomic mass is 32.2. The van der Waals surface area contributed by atoms with Crippen molar-refractivity contribution in [2.45, 2.75) is 36.0 Å². The van der Waals surface area contributed by atoms with Gasteiger partial charge in [0.15, 0.2) is 9.84 Å². The topological polar surface area (TPSA) is 78.0 Å². The van der Waals surface area contributed by atoms with Gasteiger partial charge in [-0.25, -0.2) is 13.4 Å². The van der Waals surface area contributed by atoms with E-state index in [9.17, 15) is 8.42 Å². The summed E-state index contributed by atoms with van der Waals surface area (Å²) in [5.74, 6) is 1.58. The van der Waals surface area contributed by atoms with Gasteiger partial charge >= 0.3 is 0 Å². The maximum absolute atomic E-state index is 11.9. The van der Waals surface area contributed by atoms with Gasteiger partial charge in [0, 0.05) is 18.1 Å². The monoisotopic (exact) mass is 325 g/mol. The van der Waals surface area contributed by atoms with E-state index in [0.717, 1.165) is 12.1 Å². The number of hydrogen-bond acceptors (Lipinski definition) is 5. The molecule has 0 bridgehead atoms. The van der Waals surface area contributed by atoms with Crippen LogP contribution in [0.5, 0.6) is 0 Å². The molecule has 1 aliphatic heterocycles. The van der Waals surface area contributed by atoms with Crippen LogP contribution < -0.4 is 5.73 Å². The molecule has 1 unspecified atom stereocenters. The second kappa shape index (κ2) is 5.53. The smallest absolute Gasteiger partial charge is 0.201 e. The van der Waals surface area contributed by atoms with Gasteiger partial charge in [0.25, 0.3) is 0 Å². The van der Waals surface area contributed by atoms with Crippen molar-refractivity contribution in [3.8, 4) is 0 Å². The van der Waals surface area contributed by atoms with Crippen LogP contribution in [0.3, 0.4) is 0 Å². The van der Waals surface area contributed by atoms with Crippen molar-refractivity contribution in [3.05, 3.63) is 18.2 Å². The number of anilines is 1. The molecule has 0 aliphatic carbocycles. The molecular formula is C14H19N3O2S2. The Bertz CT molecular complexity index is 762. The molecule has 1 aromatic carbocycles. The molecule has 7 heteroatoms. The third-order valence-electron chi connectivity index (χ3n) is 3.83. The van der Waals surface area contributed by atoms with Gasteiger partial charge in [-0.2, -0.15) is 11.8 Å². The first-order chi connectivity index (χ1) is 9.97. The van der Waals surface area contributed by atoms with Gasteiger partial charge in [0.2, 0.25) is 5.95 Å². The molecule has 2 aromatic rings. The predicted octanol–water partition coefficient (Wildman–Crippen LogP) is 2.31. The highest BCUT2D eigenvalue weighted by Crippen LogP contribution is 2.30. The number of hydrogen-bond donors (Lipinski definition) is 1. The highest BCUT2D eigenvalue weighted by Gasteiger charge is 2.20. The van der Waals surface area contributed by atoms with Gasteiger partial charge in [0.05, 0.1) is 10.4 Å². The van der Waals surface area contributed by atoms with Gasteiger partial charge in [0.1, 0.15) is 5.52 Å². The second-order valence-corrected chi connectivity index (χ2v) is 8.86. The lowest BCUT2D eigenvalue weighted by molar-refractivity contribution is 0.595. The third kappa shape index (κ3) is 2.89. The van der Waals surface area contributed by atoms with E-state index in [4.69, 9.17) is 5.73 Å². The van der Waals surface area contributed by atoms with Gasteiger partial charge in [-0.05, 0) is 30.7 Å². The molecule has 1 saturated heterocycles. The van der Waals surface area contributed by atoms with Crippen molar-refractivity contribution in [3.63, 3.8) is 0 Å². The Morgan fingerprint density at radius 1 is 1.43 bits per heavy atom. The first-order valence-corrected chi connectivity index (χ1v) is 9.97. The van der Waals surface area contributed by atoms with Crippen molar-refractivity contribution < 1.29 is 8.42 Å². The lowest BCUT2D eigenvalue weighted by Crippen LogP contribution is -2.18. The molecular weight excluding hydrogens is 306 g/mol. The summed E-state index contributed by atoms with van der Waals surface area (Å²) in [5, 5.41) is 0.528. The van der Waals surface area contributed by atoms with E-state index in [1.165, 1.54) is 31.3 Å². The molecule has 21 heavy (non-hydrogen) atoms. The van der Waals surface area contributed by atoms with E-state index in [1.54, 1.807) is 12.1 Å². The number of nitrogens with zero attached hydrogens (tertiary/aromatic N) is 2. The van der Waals surface area contributed by atoms with Gasteiger partial charge in [-0.1, -0.05) is 12.5 Å². The summed E-state index contributed by atoms with van der Waals surface area (Å²) in [6.07, 6.45) is 4.90. The van der Waals surface area contributed by atoms with Gasteiger partial charge < -0.3 is 10.3 Å². The SMILES string of the molecule is CS(=O)(=O)c1cccc2c1nc(N)n2CC1CCCCS1. The Kier molecular flexibility index (Phi) is 3.88. The van der Waals surface area contributed by atoms with Crippen molar-refractivity contribution in [2.24, 2.45) is 0 Å². The van der Waals surface area contributed by atoms with Crippen molar-refractivity contribution in [1.82, 2.24) is 9.55 Å². The van der Waals surface area contributed by atoms with E-state index in [1.807, 2.05) is 22.4 Å². The van der Waals surface area contributed by atoms with E-state index in [2.05, 4.69) is 4.98 Å². The van der Waals surface area contributed by atoms with Crippen molar-refractivity contribution in [1.29, 1.82) is 0 Å². The Hall–Kier alpha value is -1.21. The average Bonchev–Trinajstić information content (AvgIpc) is 2.75. The molecule has 0 amide bonds. The summed E-state index contributed by atoms with van der Waals surface area (Å²) in [6.45, 7) is 0.792. The van der Waals surface area contributed by atoms with Crippen LogP contribution in [0.15, 0.2) is 23.1 Å². The maximum Gasteiger partial charge on any atom is 0.201 e. The molecule has 114 valence electrons. The number of para-hydroxylation sites is 1. The molecule has 0 radical (unpaired) electrons. The Balaban J connectivity index is 2.05. The van der Waals surface area contributed by atoms with E-state index in [0.29, 0.717) is 16.7 Å². The quantitative estimate of drug-likeness (QED) is 0.937. The lowest BCUT2D eigenvalue weighted by atomic mass is 10.2. The number of benzene rings is 1. The largest absolute Gasteiger partial charge is 0.369 e. The second-order valence-electron chi connectivity index (χ2n) is 5.47. The number of thioether (sulfide) groups is 1. The number of sulfone groups is 1. The van der Waals surface area contributed by atoms with Crippen LogP contribution >= 0.6 is 11.8 Å². The Morgan fingerprint density at radius 2 is 2.24 bits per heavy atom. The molecule has 3 rings (SSSR count). The highest BCUT2D eigenvalue weighted by molar-refractivity contribution is 7.99. The number of nitrogen functional groups attached to an aromatic ring is 1. The zero-order valence-corrected chi connectivity index (χ0v) is 13.6. The fraction of sp³-hybridized carbons (Fsp3) is 0.500. The fourth-order valence-corrected chi connectivity index (χ4v) is 4.90. The van der Waals surface area contributed by atoms with Crippen LogP contribution in [0.25, 0.3) is 11.0 Å². The molecule has 2 N–H and O–H groups in total. The summed E-state index contributed by atoms with van der Waals surface area (Å²) < 4.78 is 25.7. The molecule has 1 fully saturated rings. The van der Waals surface area contributed by atoms with Crippen LogP contribution in [0.1, 0.15) is 19.3 Å². The van der Waals surface area contributed by atoms with Crippen LogP contribution in [0.4, 0.5) is 5.95 Å². The van der Waals surface area contributed by atoms with E-state index < -0.39 is 9.84 Å². The van der Waals surface area contributed by atoms with E-state index >= 15 is 0 Å². The zero-order valence-electron chi connectivity index (χ0n) is 11.9. The summed E-state index contributed by atoms with van der Waals surface area (Å²) >= 11 is 1.97. The fourth-order valence-electron chi connectivity index (χ4n) is 2.79. The maximum atomic E-state index is 11.9. The summed E-state index contributed by atoms with van der Waals surface area (Å²) in [5.41, 5.74) is 7.32. The molecule has 5 nitrogen and oxygen atoms in total. The van der Waals surface area contributed by atoms with Crippen LogP contribution in [0, 0.1) is 0 Å². The number of fused-ring (bicyclic) bond motifs is 1. The summed E-state index contributed by atoms with van der Waals surface area (Å²) in [4.78, 5) is 4.55. The molecule has 2 heterocycles. The number of nitrogens with two attached hydrogens (primary N) is 1. The number of aromatic nitrogens is 2. The van der Waals surface area contributed by atoms with Crippen LogP contribution in [-0.4, -0.2) is 35.2 Å². The van der Waals surface area contributed by atoms with E-state index in [-0.39, 0.29) is 4.90 Å².